The van der Waals surface area contributed by atoms with E-state index in [9.17, 15) is 14.7 Å². The maximum Gasteiger partial charge on any atom is 0.264 e. The fourth-order valence-electron chi connectivity index (χ4n) is 9.90. The quantitative estimate of drug-likeness (QED) is 0.189. The minimum Gasteiger partial charge on any atom is -0.497 e. The van der Waals surface area contributed by atoms with Crippen molar-refractivity contribution in [2.75, 3.05) is 30.1 Å². The van der Waals surface area contributed by atoms with Crippen LogP contribution in [0.4, 0.5) is 11.4 Å². The molecule has 1 N–H and O–H groups in total. The minimum absolute atomic E-state index is 0.0858. The number of benzene rings is 4. The van der Waals surface area contributed by atoms with E-state index >= 15 is 4.79 Å². The standard InChI is InChI=1S/C44H48BrN3O6Si/c1-28-42(55(3,4)36-17-15-35(53-2)16-18-36)39(24-41(51)47-26-31-11-6-5-10-30(31)22-34(47)27-49)54-44(28)37-23-32(45)14-19-38(37)48(43(44)52)25-29-9-7-12-33(21-29)46-20-8-13-40(46)50/h5-7,9-12,14-19,21,23,28,34,39,42,49H,8,13,20,22,24-27H2,1-4H3/t28-,34+,39+,42-,44+/m1/s1. The molecule has 286 valence electrons. The van der Waals surface area contributed by atoms with Crippen LogP contribution in [-0.2, 0) is 44.2 Å². The monoisotopic (exact) mass is 821 g/mol. The highest BCUT2D eigenvalue weighted by Crippen LogP contribution is 2.60. The van der Waals surface area contributed by atoms with Gasteiger partial charge < -0.3 is 29.3 Å². The Bertz CT molecular complexity index is 2140. The van der Waals surface area contributed by atoms with Gasteiger partial charge in [-0.3, -0.25) is 14.4 Å². The number of fused-ring (bicyclic) bond motifs is 3. The molecule has 9 nitrogen and oxygen atoms in total. The number of carbonyl (C=O) groups excluding carboxylic acids is 3. The summed E-state index contributed by atoms with van der Waals surface area (Å²) in [5.41, 5.74) is 4.11. The first-order valence-corrected chi connectivity index (χ1v) is 23.1. The van der Waals surface area contributed by atoms with Crippen LogP contribution in [0.2, 0.25) is 18.6 Å². The second-order valence-electron chi connectivity index (χ2n) is 16.1. The highest BCUT2D eigenvalue weighted by Gasteiger charge is 2.66. The molecule has 2 saturated heterocycles. The molecule has 4 aliphatic rings. The second-order valence-corrected chi connectivity index (χ2v) is 21.7. The topological polar surface area (TPSA) is 99.6 Å². The van der Waals surface area contributed by atoms with Crippen molar-refractivity contribution >= 4 is 58.3 Å². The largest absolute Gasteiger partial charge is 0.497 e. The fraction of sp³-hybridized carbons (Fsp3) is 0.386. The molecular formula is C44H48BrN3O6Si. The maximum absolute atomic E-state index is 15.4. The SMILES string of the molecule is COc1ccc([Si](C)(C)[C@H]2[C@H](CC(=O)N3Cc4ccccc4C[C@H]3CO)O[C@@]3(C(=O)N(Cc4cccc(N5CCCC5=O)c4)c4ccc(Br)cc43)[C@@H]2C)cc1. The molecule has 4 aromatic carbocycles. The number of hydrogen-bond acceptors (Lipinski definition) is 6. The van der Waals surface area contributed by atoms with Gasteiger partial charge in [-0.1, -0.05) is 89.7 Å². The summed E-state index contributed by atoms with van der Waals surface area (Å²) in [6.07, 6.45) is 1.48. The minimum atomic E-state index is -2.51. The van der Waals surface area contributed by atoms with Crippen molar-refractivity contribution in [1.29, 1.82) is 0 Å². The van der Waals surface area contributed by atoms with Gasteiger partial charge in [0.2, 0.25) is 11.8 Å². The lowest BCUT2D eigenvalue weighted by Crippen LogP contribution is -2.52. The van der Waals surface area contributed by atoms with Crippen molar-refractivity contribution in [2.24, 2.45) is 5.92 Å². The summed E-state index contributed by atoms with van der Waals surface area (Å²) < 4.78 is 13.6. The third kappa shape index (κ3) is 6.42. The molecule has 3 amide bonds. The van der Waals surface area contributed by atoms with E-state index in [1.54, 1.807) is 7.11 Å². The number of anilines is 2. The Hall–Kier alpha value is -4.29. The predicted octanol–water partition coefficient (Wildman–Crippen LogP) is 6.68. The van der Waals surface area contributed by atoms with Gasteiger partial charge in [-0.05, 0) is 77.5 Å². The molecule has 0 aliphatic carbocycles. The van der Waals surface area contributed by atoms with E-state index in [0.717, 1.165) is 50.3 Å². The molecule has 0 aromatic heterocycles. The van der Waals surface area contributed by atoms with Crippen LogP contribution in [0.5, 0.6) is 5.75 Å². The first kappa shape index (κ1) is 37.6. The molecular weight excluding hydrogens is 774 g/mol. The highest BCUT2D eigenvalue weighted by atomic mass is 79.9. The molecule has 11 heteroatoms. The number of aliphatic hydroxyl groups is 1. The molecule has 4 aliphatic heterocycles. The average molecular weight is 823 g/mol. The maximum atomic E-state index is 15.4. The van der Waals surface area contributed by atoms with Gasteiger partial charge in [-0.25, -0.2) is 0 Å². The van der Waals surface area contributed by atoms with Crippen molar-refractivity contribution in [3.63, 3.8) is 0 Å². The predicted molar refractivity (Wildman–Crippen MR) is 219 cm³/mol. The molecule has 4 heterocycles. The molecule has 4 aromatic rings. The summed E-state index contributed by atoms with van der Waals surface area (Å²) in [6.45, 7) is 8.04. The first-order chi connectivity index (χ1) is 26.5. The summed E-state index contributed by atoms with van der Waals surface area (Å²) >= 11 is 3.70. The lowest BCUT2D eigenvalue weighted by atomic mass is 9.82. The Morgan fingerprint density at radius 2 is 1.76 bits per heavy atom. The number of nitrogens with zero attached hydrogens (tertiary/aromatic N) is 3. The molecule has 2 fully saturated rings. The number of methoxy groups -OCH3 is 1. The molecule has 0 saturated carbocycles. The molecule has 8 rings (SSSR count). The zero-order chi connectivity index (χ0) is 38.6. The van der Waals surface area contributed by atoms with Gasteiger partial charge in [-0.2, -0.15) is 0 Å². The van der Waals surface area contributed by atoms with Crippen LogP contribution >= 0.6 is 15.9 Å². The van der Waals surface area contributed by atoms with E-state index in [0.29, 0.717) is 32.5 Å². The van der Waals surface area contributed by atoms with Crippen LogP contribution in [0, 0.1) is 5.92 Å². The van der Waals surface area contributed by atoms with E-state index in [1.807, 2.05) is 87.5 Å². The molecule has 0 unspecified atom stereocenters. The molecule has 55 heavy (non-hydrogen) atoms. The summed E-state index contributed by atoms with van der Waals surface area (Å²) in [5, 5.41) is 11.7. The summed E-state index contributed by atoms with van der Waals surface area (Å²) in [5.74, 6) is 0.370. The Balaban J connectivity index is 1.18. The van der Waals surface area contributed by atoms with Crippen molar-refractivity contribution in [3.05, 3.63) is 118 Å². The zero-order valence-electron chi connectivity index (χ0n) is 31.8. The summed E-state index contributed by atoms with van der Waals surface area (Å²) in [6, 6.07) is 29.8. The van der Waals surface area contributed by atoms with Gasteiger partial charge in [0.25, 0.3) is 5.91 Å². The Morgan fingerprint density at radius 1 is 1.00 bits per heavy atom. The van der Waals surface area contributed by atoms with Crippen LogP contribution in [0.1, 0.15) is 48.4 Å². The van der Waals surface area contributed by atoms with Crippen LogP contribution in [0.15, 0.2) is 95.5 Å². The zero-order valence-corrected chi connectivity index (χ0v) is 34.4. The van der Waals surface area contributed by atoms with Gasteiger partial charge in [0, 0.05) is 41.2 Å². The number of carbonyl (C=O) groups is 3. The molecule has 1 spiro atoms. The normalized spacial score (nSPS) is 24.8. The second kappa shape index (κ2) is 14.7. The van der Waals surface area contributed by atoms with Crippen LogP contribution < -0.4 is 19.7 Å². The Morgan fingerprint density at radius 3 is 2.47 bits per heavy atom. The van der Waals surface area contributed by atoms with Gasteiger partial charge >= 0.3 is 0 Å². The van der Waals surface area contributed by atoms with Gasteiger partial charge in [0.15, 0.2) is 5.60 Å². The average Bonchev–Trinajstić information content (AvgIpc) is 3.82. The van der Waals surface area contributed by atoms with Gasteiger partial charge in [-0.15, -0.1) is 0 Å². The van der Waals surface area contributed by atoms with Crippen molar-refractivity contribution in [3.8, 4) is 5.75 Å². The Kier molecular flexibility index (Phi) is 10.0. The number of hydrogen-bond donors (Lipinski definition) is 1. The molecule has 5 atom stereocenters. The number of ether oxygens (including phenoxy) is 2. The molecule has 0 bridgehead atoms. The lowest BCUT2D eigenvalue weighted by Gasteiger charge is -2.39. The Labute approximate surface area is 332 Å². The number of amides is 3. The van der Waals surface area contributed by atoms with Crippen LogP contribution in [0.25, 0.3) is 0 Å². The van der Waals surface area contributed by atoms with E-state index in [-0.39, 0.29) is 48.3 Å². The fourth-order valence-corrected chi connectivity index (χ4v) is 14.3. The highest BCUT2D eigenvalue weighted by molar-refractivity contribution is 9.10. The number of aliphatic hydroxyl groups excluding tert-OH is 1. The van der Waals surface area contributed by atoms with Crippen molar-refractivity contribution in [1.82, 2.24) is 4.90 Å². The van der Waals surface area contributed by atoms with Gasteiger partial charge in [0.1, 0.15) is 5.75 Å². The number of rotatable bonds is 9. The lowest BCUT2D eigenvalue weighted by molar-refractivity contribution is -0.151. The van der Waals surface area contributed by atoms with Crippen molar-refractivity contribution in [2.45, 2.75) is 82.1 Å². The first-order valence-electron chi connectivity index (χ1n) is 19.3. The number of halogens is 1. The summed E-state index contributed by atoms with van der Waals surface area (Å²) in [4.78, 5) is 48.0. The van der Waals surface area contributed by atoms with E-state index in [1.165, 1.54) is 5.19 Å². The smallest absolute Gasteiger partial charge is 0.264 e. The van der Waals surface area contributed by atoms with E-state index in [2.05, 4.69) is 54.1 Å². The van der Waals surface area contributed by atoms with Gasteiger partial charge in [0.05, 0.1) is 52.6 Å². The van der Waals surface area contributed by atoms with E-state index in [4.69, 9.17) is 9.47 Å². The third-order valence-corrected chi connectivity index (χ3v) is 17.5. The summed E-state index contributed by atoms with van der Waals surface area (Å²) in [7, 11) is -0.855. The van der Waals surface area contributed by atoms with Crippen molar-refractivity contribution < 1.29 is 29.0 Å². The van der Waals surface area contributed by atoms with Crippen LogP contribution in [0.3, 0.4) is 0 Å². The molecule has 0 radical (unpaired) electrons. The third-order valence-electron chi connectivity index (χ3n) is 12.7. The van der Waals surface area contributed by atoms with Crippen LogP contribution in [-0.4, -0.2) is 68.2 Å². The van der Waals surface area contributed by atoms with E-state index < -0.39 is 19.8 Å².